The van der Waals surface area contributed by atoms with Crippen LogP contribution in [0.4, 0.5) is 0 Å². The van der Waals surface area contributed by atoms with E-state index in [9.17, 15) is 10.2 Å². The lowest BCUT2D eigenvalue weighted by Crippen LogP contribution is -2.28. The molecule has 2 N–H and O–H groups in total. The van der Waals surface area contributed by atoms with E-state index in [1.165, 1.54) is 11.1 Å². The number of aliphatic hydroxyl groups excluding tert-OH is 2. The molecule has 2 rings (SSSR count). The van der Waals surface area contributed by atoms with Gasteiger partial charge in [0.1, 0.15) is 0 Å². The van der Waals surface area contributed by atoms with Crippen molar-refractivity contribution < 1.29 is 10.2 Å². The zero-order chi connectivity index (χ0) is 31.5. The SMILES string of the molecule is CC(C#CC1=C(C)CC(O)CC1(C)C)=CC=CC(C)=C/C=C/C=C(C)/C=C/C=C(\C)C#CC1=C(C)CC(O)CC1(C)C. The fraction of sp³-hybridized carbons (Fsp3) is 0.450. The molecule has 0 aromatic heterocycles. The first-order valence-corrected chi connectivity index (χ1v) is 15.1. The summed E-state index contributed by atoms with van der Waals surface area (Å²) in [7, 11) is 0. The predicted octanol–water partition coefficient (Wildman–Crippen LogP) is 9.44. The van der Waals surface area contributed by atoms with Gasteiger partial charge in [-0.05, 0) is 78.4 Å². The maximum Gasteiger partial charge on any atom is 0.0586 e. The van der Waals surface area contributed by atoms with Crippen LogP contribution < -0.4 is 0 Å². The molecule has 2 nitrogen and oxygen atoms in total. The standard InChI is InChI=1S/C40H52O2/c1-29(17-13-19-31(3)21-23-37-33(5)25-35(41)27-39(37,7)8)15-11-12-16-30(2)18-14-20-32(4)22-24-38-34(6)26-36(42)28-40(38,9)10/h11-20,35-36,41-42H,25-28H2,1-10H3/b12-11+,17-13+,18-14?,29-15+,30-16?,31-19+,32-20?. The molecule has 0 aromatic rings. The molecule has 224 valence electrons. The van der Waals surface area contributed by atoms with Crippen molar-refractivity contribution in [2.75, 3.05) is 0 Å². The Morgan fingerprint density at radius 3 is 1.31 bits per heavy atom. The summed E-state index contributed by atoms with van der Waals surface area (Å²) in [6.07, 6.45) is 23.0. The maximum absolute atomic E-state index is 10.1. The van der Waals surface area contributed by atoms with Crippen molar-refractivity contribution in [3.63, 3.8) is 0 Å². The van der Waals surface area contributed by atoms with Gasteiger partial charge in [0.05, 0.1) is 12.2 Å². The molecule has 2 aliphatic carbocycles. The Morgan fingerprint density at radius 2 is 0.976 bits per heavy atom. The first kappa shape index (κ1) is 34.9. The molecular formula is C40H52O2. The van der Waals surface area contributed by atoms with Crippen LogP contribution in [0, 0.1) is 34.5 Å². The molecule has 0 bridgehead atoms. The van der Waals surface area contributed by atoms with E-state index >= 15 is 0 Å². The molecule has 0 fully saturated rings. The van der Waals surface area contributed by atoms with Gasteiger partial charge < -0.3 is 10.2 Å². The molecule has 0 heterocycles. The summed E-state index contributed by atoms with van der Waals surface area (Å²) in [5.74, 6) is 13.3. The van der Waals surface area contributed by atoms with E-state index in [0.717, 1.165) is 59.1 Å². The molecule has 2 unspecified atom stereocenters. The Bertz CT molecular complexity index is 1290. The van der Waals surface area contributed by atoms with Crippen molar-refractivity contribution in [2.24, 2.45) is 10.8 Å². The molecule has 0 saturated carbocycles. The van der Waals surface area contributed by atoms with Crippen molar-refractivity contribution in [1.29, 1.82) is 0 Å². The van der Waals surface area contributed by atoms with Crippen molar-refractivity contribution in [3.05, 3.63) is 105 Å². The summed E-state index contributed by atoms with van der Waals surface area (Å²) in [4.78, 5) is 0. The topological polar surface area (TPSA) is 40.5 Å². The largest absolute Gasteiger partial charge is 0.393 e. The number of hydrogen-bond donors (Lipinski definition) is 2. The molecule has 2 aliphatic rings. The highest BCUT2D eigenvalue weighted by molar-refractivity contribution is 5.46. The van der Waals surface area contributed by atoms with Gasteiger partial charge in [0, 0.05) is 22.0 Å². The van der Waals surface area contributed by atoms with Gasteiger partial charge >= 0.3 is 0 Å². The molecule has 0 radical (unpaired) electrons. The third-order valence-electron chi connectivity index (χ3n) is 7.79. The smallest absolute Gasteiger partial charge is 0.0586 e. The van der Waals surface area contributed by atoms with Gasteiger partial charge in [-0.1, -0.05) is 134 Å². The van der Waals surface area contributed by atoms with Crippen LogP contribution in [0.1, 0.15) is 94.9 Å². The molecule has 2 heteroatoms. The van der Waals surface area contributed by atoms with E-state index in [1.807, 2.05) is 50.3 Å². The van der Waals surface area contributed by atoms with Crippen LogP contribution in [0.25, 0.3) is 0 Å². The minimum Gasteiger partial charge on any atom is -0.393 e. The van der Waals surface area contributed by atoms with Crippen molar-refractivity contribution >= 4 is 0 Å². The quantitative estimate of drug-likeness (QED) is 0.249. The molecule has 0 saturated heterocycles. The Hall–Kier alpha value is -3.30. The molecule has 0 amide bonds. The van der Waals surface area contributed by atoms with Gasteiger partial charge in [-0.15, -0.1) is 0 Å². The van der Waals surface area contributed by atoms with E-state index in [0.29, 0.717) is 0 Å². The minimum atomic E-state index is -0.263. The van der Waals surface area contributed by atoms with Gasteiger partial charge in [0.2, 0.25) is 0 Å². The molecule has 2 atom stereocenters. The van der Waals surface area contributed by atoms with Gasteiger partial charge in [0.25, 0.3) is 0 Å². The monoisotopic (exact) mass is 564 g/mol. The van der Waals surface area contributed by atoms with Crippen LogP contribution in [0.3, 0.4) is 0 Å². The number of hydrogen-bond acceptors (Lipinski definition) is 2. The van der Waals surface area contributed by atoms with E-state index in [2.05, 4.69) is 103 Å². The third-order valence-corrected chi connectivity index (χ3v) is 7.79. The Balaban J connectivity index is 1.93. The third kappa shape index (κ3) is 11.5. The second kappa shape index (κ2) is 15.8. The van der Waals surface area contributed by atoms with Crippen LogP contribution >= 0.6 is 0 Å². The van der Waals surface area contributed by atoms with Crippen LogP contribution in [0.15, 0.2) is 105 Å². The normalized spacial score (nSPS) is 23.9. The molecule has 0 spiro atoms. The first-order valence-electron chi connectivity index (χ1n) is 15.1. The predicted molar refractivity (Wildman–Crippen MR) is 181 cm³/mol. The highest BCUT2D eigenvalue weighted by atomic mass is 16.3. The highest BCUT2D eigenvalue weighted by Gasteiger charge is 2.33. The molecule has 0 aromatic carbocycles. The lowest BCUT2D eigenvalue weighted by atomic mass is 9.72. The lowest BCUT2D eigenvalue weighted by molar-refractivity contribution is 0.116. The summed E-state index contributed by atoms with van der Waals surface area (Å²) >= 11 is 0. The number of rotatable bonds is 6. The Kier molecular flexibility index (Phi) is 13.1. The van der Waals surface area contributed by atoms with E-state index < -0.39 is 0 Å². The zero-order valence-corrected chi connectivity index (χ0v) is 27.7. The lowest BCUT2D eigenvalue weighted by Gasteiger charge is -2.34. The van der Waals surface area contributed by atoms with E-state index in [-0.39, 0.29) is 23.0 Å². The maximum atomic E-state index is 10.1. The van der Waals surface area contributed by atoms with Crippen molar-refractivity contribution in [2.45, 2.75) is 107 Å². The summed E-state index contributed by atoms with van der Waals surface area (Å²) in [5, 5.41) is 20.2. The fourth-order valence-corrected chi connectivity index (χ4v) is 5.76. The second-order valence-corrected chi connectivity index (χ2v) is 13.3. The van der Waals surface area contributed by atoms with Gasteiger partial charge in [-0.3, -0.25) is 0 Å². The number of aliphatic hydroxyl groups is 2. The fourth-order valence-electron chi connectivity index (χ4n) is 5.76. The van der Waals surface area contributed by atoms with Crippen molar-refractivity contribution in [1.82, 2.24) is 0 Å². The summed E-state index contributed by atoms with van der Waals surface area (Å²) in [5.41, 5.74) is 8.91. The van der Waals surface area contributed by atoms with Gasteiger partial charge in [0.15, 0.2) is 0 Å². The summed E-state index contributed by atoms with van der Waals surface area (Å²) < 4.78 is 0. The average Bonchev–Trinajstić information content (AvgIpc) is 2.84. The Labute approximate surface area is 256 Å². The average molecular weight is 565 g/mol. The van der Waals surface area contributed by atoms with E-state index in [4.69, 9.17) is 0 Å². The van der Waals surface area contributed by atoms with Gasteiger partial charge in [-0.25, -0.2) is 0 Å². The zero-order valence-electron chi connectivity index (χ0n) is 27.7. The van der Waals surface area contributed by atoms with Gasteiger partial charge in [-0.2, -0.15) is 0 Å². The van der Waals surface area contributed by atoms with Crippen molar-refractivity contribution in [3.8, 4) is 23.7 Å². The number of allylic oxidation sites excluding steroid dienone is 16. The second-order valence-electron chi connectivity index (χ2n) is 13.3. The molecule has 42 heavy (non-hydrogen) atoms. The highest BCUT2D eigenvalue weighted by Crippen LogP contribution is 2.40. The van der Waals surface area contributed by atoms with Crippen LogP contribution in [-0.4, -0.2) is 22.4 Å². The van der Waals surface area contributed by atoms with Crippen LogP contribution in [0.5, 0.6) is 0 Å². The van der Waals surface area contributed by atoms with Crippen LogP contribution in [0.2, 0.25) is 0 Å². The van der Waals surface area contributed by atoms with Crippen LogP contribution in [-0.2, 0) is 0 Å². The van der Waals surface area contributed by atoms with E-state index in [1.54, 1.807) is 0 Å². The summed E-state index contributed by atoms with van der Waals surface area (Å²) in [6, 6.07) is 0. The molecular weight excluding hydrogens is 512 g/mol. The first-order chi connectivity index (χ1) is 19.6. The minimum absolute atomic E-state index is 0.0840. The Morgan fingerprint density at radius 1 is 0.619 bits per heavy atom. The molecule has 0 aliphatic heterocycles. The summed E-state index contributed by atoms with van der Waals surface area (Å²) in [6.45, 7) is 21.1.